The summed E-state index contributed by atoms with van der Waals surface area (Å²) in [6.45, 7) is 1.52. The van der Waals surface area contributed by atoms with Gasteiger partial charge in [-0.15, -0.1) is 23.4 Å². The second kappa shape index (κ2) is 7.22. The van der Waals surface area contributed by atoms with Crippen molar-refractivity contribution >= 4 is 40.7 Å². The lowest BCUT2D eigenvalue weighted by Gasteiger charge is -2.26. The molecule has 1 aromatic rings. The number of hydrogen-bond donors (Lipinski definition) is 1. The van der Waals surface area contributed by atoms with E-state index in [4.69, 9.17) is 28.6 Å². The number of ether oxygens (including phenoxy) is 1. The Balaban J connectivity index is 2.06. The summed E-state index contributed by atoms with van der Waals surface area (Å²) in [5, 5.41) is 4.15. The fraction of sp³-hybridized carbons (Fsp3) is 0.462. The number of thiocarbonyl (C=S) groups is 1. The van der Waals surface area contributed by atoms with E-state index in [0.29, 0.717) is 17.9 Å². The molecule has 1 fully saturated rings. The van der Waals surface area contributed by atoms with Gasteiger partial charge < -0.3 is 15.0 Å². The molecule has 1 heterocycles. The molecule has 6 heteroatoms. The second-order valence-electron chi connectivity index (χ2n) is 4.08. The maximum absolute atomic E-state index is 5.60. The van der Waals surface area contributed by atoms with E-state index in [1.165, 1.54) is 5.56 Å². The average molecular weight is 317 g/mol. The molecule has 19 heavy (non-hydrogen) atoms. The third-order valence-electron chi connectivity index (χ3n) is 2.88. The van der Waals surface area contributed by atoms with Gasteiger partial charge in [0.25, 0.3) is 0 Å². The highest BCUT2D eigenvalue weighted by Gasteiger charge is 2.27. The second-order valence-corrected chi connectivity index (χ2v) is 6.03. The minimum absolute atomic E-state index is 0.294. The van der Waals surface area contributed by atoms with E-state index in [0.717, 1.165) is 23.2 Å². The molecule has 0 aromatic heterocycles. The quantitative estimate of drug-likeness (QED) is 0.680. The number of thioether (sulfide) groups is 1. The SMILES string of the molecule is CNC(=S)N1CCSC1c1ccc(OCCCl)cc1. The standard InChI is InChI=1S/C13H17ClN2OS2/c1-15-13(18)16-7-9-19-12(16)10-2-4-11(5-3-10)17-8-6-14/h2-5,12H,6-9H2,1H3,(H,15,18). The highest BCUT2D eigenvalue weighted by atomic mass is 35.5. The number of hydrogen-bond acceptors (Lipinski definition) is 3. The predicted octanol–water partition coefficient (Wildman–Crippen LogP) is 2.86. The van der Waals surface area contributed by atoms with Gasteiger partial charge in [-0.3, -0.25) is 0 Å². The van der Waals surface area contributed by atoms with Crippen LogP contribution >= 0.6 is 35.6 Å². The van der Waals surface area contributed by atoms with Crippen molar-refractivity contribution in [3.05, 3.63) is 29.8 Å². The summed E-state index contributed by atoms with van der Waals surface area (Å²) in [6.07, 6.45) is 0. The molecule has 0 amide bonds. The van der Waals surface area contributed by atoms with Gasteiger partial charge in [-0.05, 0) is 29.9 Å². The summed E-state index contributed by atoms with van der Waals surface area (Å²) in [6, 6.07) is 8.17. The first-order valence-corrected chi connectivity index (χ1v) is 8.14. The monoisotopic (exact) mass is 316 g/mol. The van der Waals surface area contributed by atoms with Crippen LogP contribution in [0.4, 0.5) is 0 Å². The van der Waals surface area contributed by atoms with Gasteiger partial charge >= 0.3 is 0 Å². The summed E-state index contributed by atoms with van der Waals surface area (Å²) in [7, 11) is 1.87. The van der Waals surface area contributed by atoms with E-state index >= 15 is 0 Å². The number of nitrogens with zero attached hydrogens (tertiary/aromatic N) is 1. The summed E-state index contributed by atoms with van der Waals surface area (Å²) < 4.78 is 5.48. The third kappa shape index (κ3) is 3.68. The molecule has 1 unspecified atom stereocenters. The Morgan fingerprint density at radius 3 is 2.89 bits per heavy atom. The Hall–Kier alpha value is -0.650. The zero-order valence-corrected chi connectivity index (χ0v) is 13.2. The zero-order chi connectivity index (χ0) is 13.7. The van der Waals surface area contributed by atoms with Crippen LogP contribution in [0.5, 0.6) is 5.75 Å². The molecule has 104 valence electrons. The summed E-state index contributed by atoms with van der Waals surface area (Å²) in [5.41, 5.74) is 1.25. The number of nitrogens with one attached hydrogen (secondary N) is 1. The van der Waals surface area contributed by atoms with Gasteiger partial charge in [-0.1, -0.05) is 12.1 Å². The molecule has 1 N–H and O–H groups in total. The van der Waals surface area contributed by atoms with E-state index < -0.39 is 0 Å². The molecule has 1 aliphatic heterocycles. The van der Waals surface area contributed by atoms with Gasteiger partial charge in [0.15, 0.2) is 5.11 Å². The van der Waals surface area contributed by atoms with Crippen LogP contribution in [-0.2, 0) is 0 Å². The van der Waals surface area contributed by atoms with Gasteiger partial charge in [-0.2, -0.15) is 0 Å². The smallest absolute Gasteiger partial charge is 0.169 e. The predicted molar refractivity (Wildman–Crippen MR) is 86.2 cm³/mol. The van der Waals surface area contributed by atoms with Crippen LogP contribution in [0, 0.1) is 0 Å². The summed E-state index contributed by atoms with van der Waals surface area (Å²) in [4.78, 5) is 2.22. The fourth-order valence-electron chi connectivity index (χ4n) is 1.98. The Bertz CT molecular complexity index is 427. The van der Waals surface area contributed by atoms with Crippen molar-refractivity contribution < 1.29 is 4.74 Å². The van der Waals surface area contributed by atoms with Crippen LogP contribution in [0.25, 0.3) is 0 Å². The van der Waals surface area contributed by atoms with Gasteiger partial charge in [0.05, 0.1) is 5.88 Å². The van der Waals surface area contributed by atoms with Gasteiger partial charge in [0, 0.05) is 19.3 Å². The minimum atomic E-state index is 0.294. The van der Waals surface area contributed by atoms with E-state index in [2.05, 4.69) is 22.3 Å². The van der Waals surface area contributed by atoms with Crippen molar-refractivity contribution in [2.75, 3.05) is 31.8 Å². The van der Waals surface area contributed by atoms with Crippen molar-refractivity contribution in [2.45, 2.75) is 5.37 Å². The van der Waals surface area contributed by atoms with Crippen molar-refractivity contribution in [2.24, 2.45) is 0 Å². The largest absolute Gasteiger partial charge is 0.492 e. The normalized spacial score (nSPS) is 18.4. The Labute approximate surface area is 128 Å². The number of alkyl halides is 1. The van der Waals surface area contributed by atoms with Crippen LogP contribution in [0.1, 0.15) is 10.9 Å². The number of rotatable bonds is 4. The lowest BCUT2D eigenvalue weighted by molar-refractivity contribution is 0.342. The van der Waals surface area contributed by atoms with Gasteiger partial charge in [0.1, 0.15) is 17.7 Å². The highest BCUT2D eigenvalue weighted by Crippen LogP contribution is 2.38. The first-order valence-electron chi connectivity index (χ1n) is 6.15. The van der Waals surface area contributed by atoms with Crippen molar-refractivity contribution in [1.82, 2.24) is 10.2 Å². The van der Waals surface area contributed by atoms with Crippen molar-refractivity contribution in [3.8, 4) is 5.75 Å². The third-order valence-corrected chi connectivity index (χ3v) is 4.73. The molecule has 0 spiro atoms. The van der Waals surface area contributed by atoms with Crippen molar-refractivity contribution in [1.29, 1.82) is 0 Å². The molecule has 2 rings (SSSR count). The van der Waals surface area contributed by atoms with Crippen molar-refractivity contribution in [3.63, 3.8) is 0 Å². The molecule has 0 radical (unpaired) electrons. The van der Waals surface area contributed by atoms with E-state index in [-0.39, 0.29) is 0 Å². The maximum Gasteiger partial charge on any atom is 0.169 e. The maximum atomic E-state index is 5.60. The lowest BCUT2D eigenvalue weighted by atomic mass is 10.2. The fourth-order valence-corrected chi connectivity index (χ4v) is 3.59. The Morgan fingerprint density at radius 1 is 1.53 bits per heavy atom. The van der Waals surface area contributed by atoms with Crippen LogP contribution in [0.3, 0.4) is 0 Å². The van der Waals surface area contributed by atoms with E-state index in [1.54, 1.807) is 0 Å². The van der Waals surface area contributed by atoms with Gasteiger partial charge in [0.2, 0.25) is 0 Å². The van der Waals surface area contributed by atoms with Crippen LogP contribution in [0.15, 0.2) is 24.3 Å². The van der Waals surface area contributed by atoms with Gasteiger partial charge in [-0.25, -0.2) is 0 Å². The topological polar surface area (TPSA) is 24.5 Å². The molecule has 1 saturated heterocycles. The Morgan fingerprint density at radius 2 is 2.26 bits per heavy atom. The highest BCUT2D eigenvalue weighted by molar-refractivity contribution is 7.99. The zero-order valence-electron chi connectivity index (χ0n) is 10.8. The Kier molecular flexibility index (Phi) is 5.60. The van der Waals surface area contributed by atoms with Crippen LogP contribution in [-0.4, -0.2) is 41.8 Å². The first kappa shape index (κ1) is 14.8. The molecule has 0 bridgehead atoms. The minimum Gasteiger partial charge on any atom is -0.492 e. The van der Waals surface area contributed by atoms with Crippen LogP contribution < -0.4 is 10.1 Å². The molecule has 1 aliphatic rings. The molecular weight excluding hydrogens is 300 g/mol. The number of halogens is 1. The molecule has 3 nitrogen and oxygen atoms in total. The molecule has 0 aliphatic carbocycles. The lowest BCUT2D eigenvalue weighted by Crippen LogP contribution is -2.37. The molecule has 1 atom stereocenters. The summed E-state index contributed by atoms with van der Waals surface area (Å²) >= 11 is 12.8. The molecule has 0 saturated carbocycles. The summed E-state index contributed by atoms with van der Waals surface area (Å²) in [5.74, 6) is 2.46. The molecular formula is C13H17ClN2OS2. The van der Waals surface area contributed by atoms with E-state index in [9.17, 15) is 0 Å². The molecule has 1 aromatic carbocycles. The number of benzene rings is 1. The first-order chi connectivity index (χ1) is 9.26. The average Bonchev–Trinajstić information content (AvgIpc) is 2.94. The van der Waals surface area contributed by atoms with Crippen LogP contribution in [0.2, 0.25) is 0 Å². The van der Waals surface area contributed by atoms with E-state index in [1.807, 2.05) is 30.9 Å².